The lowest BCUT2D eigenvalue weighted by Gasteiger charge is -2.39. The molecule has 0 aromatic carbocycles. The highest BCUT2D eigenvalue weighted by molar-refractivity contribution is 4.88. The van der Waals surface area contributed by atoms with Crippen LogP contribution in [0.5, 0.6) is 0 Å². The van der Waals surface area contributed by atoms with E-state index in [1.807, 2.05) is 0 Å². The Labute approximate surface area is 176 Å². The molecule has 0 unspecified atom stereocenters. The lowest BCUT2D eigenvalue weighted by molar-refractivity contribution is -0.301. The van der Waals surface area contributed by atoms with Crippen LogP contribution < -0.4 is 0 Å². The third kappa shape index (κ3) is 11.5. The summed E-state index contributed by atoms with van der Waals surface area (Å²) in [6.45, 7) is 4.55. The molecule has 0 bridgehead atoms. The van der Waals surface area contributed by atoms with Crippen LogP contribution in [0.4, 0.5) is 0 Å². The maximum absolute atomic E-state index is 9.90. The molecular weight excluding hydrogens is 372 g/mol. The van der Waals surface area contributed by atoms with E-state index in [4.69, 9.17) is 14.6 Å². The molecule has 0 aromatic heterocycles. The van der Waals surface area contributed by atoms with E-state index in [2.05, 4.69) is 26.0 Å². The summed E-state index contributed by atoms with van der Waals surface area (Å²) in [6, 6.07) is 0. The highest BCUT2D eigenvalue weighted by atomic mass is 16.7. The first-order chi connectivity index (χ1) is 14.0. The first-order valence-corrected chi connectivity index (χ1v) is 11.5. The minimum atomic E-state index is -1.38. The largest absolute Gasteiger partial charge is 0.394 e. The van der Waals surface area contributed by atoms with Crippen molar-refractivity contribution < 1.29 is 29.9 Å². The molecule has 0 spiro atoms. The Kier molecular flexibility index (Phi) is 14.8. The molecule has 29 heavy (non-hydrogen) atoms. The van der Waals surface area contributed by atoms with E-state index in [1.54, 1.807) is 0 Å². The van der Waals surface area contributed by atoms with Crippen LogP contribution >= 0.6 is 0 Å². The van der Waals surface area contributed by atoms with Crippen LogP contribution in [0.25, 0.3) is 0 Å². The Morgan fingerprint density at radius 2 is 1.38 bits per heavy atom. The lowest BCUT2D eigenvalue weighted by Crippen LogP contribution is -2.59. The monoisotopic (exact) mass is 416 g/mol. The van der Waals surface area contributed by atoms with Crippen LogP contribution in [0.1, 0.15) is 84.5 Å². The van der Waals surface area contributed by atoms with Gasteiger partial charge in [0.1, 0.15) is 24.4 Å². The number of rotatable bonds is 16. The van der Waals surface area contributed by atoms with Gasteiger partial charge in [-0.1, -0.05) is 64.5 Å². The minimum Gasteiger partial charge on any atom is -0.394 e. The number of hydrogen-bond acceptors (Lipinski definition) is 6. The highest BCUT2D eigenvalue weighted by Gasteiger charge is 2.43. The predicted octanol–water partition coefficient (Wildman–Crippen LogP) is 3.31. The van der Waals surface area contributed by atoms with E-state index in [9.17, 15) is 15.3 Å². The molecule has 0 radical (unpaired) electrons. The van der Waals surface area contributed by atoms with Crippen molar-refractivity contribution in [2.24, 2.45) is 5.92 Å². The van der Waals surface area contributed by atoms with Crippen molar-refractivity contribution in [3.05, 3.63) is 12.2 Å². The predicted molar refractivity (Wildman–Crippen MR) is 114 cm³/mol. The summed E-state index contributed by atoms with van der Waals surface area (Å²) in [4.78, 5) is 0. The van der Waals surface area contributed by atoms with Gasteiger partial charge in [-0.3, -0.25) is 0 Å². The molecule has 1 rings (SSSR count). The third-order valence-electron chi connectivity index (χ3n) is 5.46. The van der Waals surface area contributed by atoms with Crippen molar-refractivity contribution in [1.82, 2.24) is 0 Å². The molecule has 4 N–H and O–H groups in total. The molecule has 0 saturated carbocycles. The van der Waals surface area contributed by atoms with E-state index in [-0.39, 0.29) is 0 Å². The quantitative estimate of drug-likeness (QED) is 0.228. The maximum atomic E-state index is 9.90. The van der Waals surface area contributed by atoms with Crippen molar-refractivity contribution in [2.75, 3.05) is 13.2 Å². The fraction of sp³-hybridized carbons (Fsp3) is 0.913. The van der Waals surface area contributed by atoms with E-state index >= 15 is 0 Å². The van der Waals surface area contributed by atoms with Crippen LogP contribution in [0.2, 0.25) is 0 Å². The summed E-state index contributed by atoms with van der Waals surface area (Å²) in [7, 11) is 0. The summed E-state index contributed by atoms with van der Waals surface area (Å²) >= 11 is 0. The average Bonchev–Trinajstić information content (AvgIpc) is 2.70. The van der Waals surface area contributed by atoms with Gasteiger partial charge < -0.3 is 29.9 Å². The fourth-order valence-electron chi connectivity index (χ4n) is 3.53. The lowest BCUT2D eigenvalue weighted by atomic mass is 9.99. The highest BCUT2D eigenvalue weighted by Crippen LogP contribution is 2.22. The van der Waals surface area contributed by atoms with Gasteiger partial charge in [-0.2, -0.15) is 0 Å². The summed E-state index contributed by atoms with van der Waals surface area (Å²) in [5.74, 6) is 0.818. The molecule has 0 amide bonds. The number of hydrogen-bond donors (Lipinski definition) is 4. The number of unbranched alkanes of at least 4 members (excludes halogenated alkanes) is 8. The van der Waals surface area contributed by atoms with Crippen LogP contribution in [-0.4, -0.2) is 64.3 Å². The van der Waals surface area contributed by atoms with E-state index in [0.717, 1.165) is 25.2 Å². The van der Waals surface area contributed by atoms with Crippen LogP contribution in [0.3, 0.4) is 0 Å². The Hall–Kier alpha value is -0.500. The third-order valence-corrected chi connectivity index (χ3v) is 5.46. The van der Waals surface area contributed by atoms with E-state index in [1.165, 1.54) is 51.4 Å². The normalized spacial score (nSPS) is 27.9. The van der Waals surface area contributed by atoms with Gasteiger partial charge in [0.25, 0.3) is 0 Å². The van der Waals surface area contributed by atoms with Gasteiger partial charge in [0.15, 0.2) is 6.29 Å². The first kappa shape index (κ1) is 26.5. The number of aliphatic hydroxyl groups is 4. The minimum absolute atomic E-state index is 0.419. The molecular formula is C23H44O6. The van der Waals surface area contributed by atoms with Crippen LogP contribution in [-0.2, 0) is 9.47 Å². The van der Waals surface area contributed by atoms with Gasteiger partial charge in [0.2, 0.25) is 0 Å². The molecule has 1 saturated heterocycles. The van der Waals surface area contributed by atoms with Gasteiger partial charge in [-0.15, -0.1) is 0 Å². The topological polar surface area (TPSA) is 99.4 Å². The Balaban J connectivity index is 1.93. The van der Waals surface area contributed by atoms with Gasteiger partial charge >= 0.3 is 0 Å². The van der Waals surface area contributed by atoms with Crippen molar-refractivity contribution in [3.8, 4) is 0 Å². The van der Waals surface area contributed by atoms with Gasteiger partial charge in [0, 0.05) is 6.61 Å². The molecule has 0 aliphatic carbocycles. The average molecular weight is 417 g/mol. The fourth-order valence-corrected chi connectivity index (χ4v) is 3.53. The molecule has 172 valence electrons. The molecule has 6 heteroatoms. The second kappa shape index (κ2) is 16.2. The van der Waals surface area contributed by atoms with E-state index in [0.29, 0.717) is 6.61 Å². The standard InChI is InChI=1S/C23H44O6/c1-18(2)15-13-11-9-7-5-3-4-6-8-10-12-14-16-28-23-22(27)21(26)20(25)19(17-24)29-23/h5,7,18-27H,3-4,6,8-17H2,1-2H3/b7-5+/t19-,20-,21+,22-,23-/m1/s1. The molecule has 0 aromatic rings. The SMILES string of the molecule is CC(C)CCCC/C=C/CCCCCCCCO[C@@H]1O[C@H](CO)[C@@H](O)[C@H](O)[C@H]1O. The van der Waals surface area contributed by atoms with Crippen molar-refractivity contribution in [3.63, 3.8) is 0 Å². The molecule has 5 atom stereocenters. The summed E-state index contributed by atoms with van der Waals surface area (Å²) in [6.07, 6.45) is 11.8. The molecule has 1 aliphatic rings. The molecule has 1 heterocycles. The number of aliphatic hydroxyl groups excluding tert-OH is 4. The zero-order chi connectivity index (χ0) is 21.5. The van der Waals surface area contributed by atoms with Crippen LogP contribution in [0.15, 0.2) is 12.2 Å². The Morgan fingerprint density at radius 1 is 0.793 bits per heavy atom. The van der Waals surface area contributed by atoms with E-state index < -0.39 is 37.3 Å². The second-order valence-corrected chi connectivity index (χ2v) is 8.63. The summed E-state index contributed by atoms with van der Waals surface area (Å²) < 4.78 is 10.8. The number of ether oxygens (including phenoxy) is 2. The maximum Gasteiger partial charge on any atom is 0.186 e. The zero-order valence-electron chi connectivity index (χ0n) is 18.4. The molecule has 1 aliphatic heterocycles. The summed E-state index contributed by atoms with van der Waals surface area (Å²) in [5.41, 5.74) is 0. The van der Waals surface area contributed by atoms with Crippen molar-refractivity contribution in [1.29, 1.82) is 0 Å². The van der Waals surface area contributed by atoms with Crippen LogP contribution in [0, 0.1) is 5.92 Å². The smallest absolute Gasteiger partial charge is 0.186 e. The van der Waals surface area contributed by atoms with Crippen molar-refractivity contribution >= 4 is 0 Å². The summed E-state index contributed by atoms with van der Waals surface area (Å²) in [5, 5.41) is 38.5. The second-order valence-electron chi connectivity index (χ2n) is 8.63. The first-order valence-electron chi connectivity index (χ1n) is 11.5. The number of allylic oxidation sites excluding steroid dienone is 2. The van der Waals surface area contributed by atoms with Gasteiger partial charge in [0.05, 0.1) is 6.61 Å². The van der Waals surface area contributed by atoms with Crippen molar-refractivity contribution in [2.45, 2.75) is 115 Å². The van der Waals surface area contributed by atoms with Gasteiger partial charge in [-0.25, -0.2) is 0 Å². The van der Waals surface area contributed by atoms with Gasteiger partial charge in [-0.05, 0) is 38.0 Å². The molecule has 1 fully saturated rings. The Morgan fingerprint density at radius 3 is 2.00 bits per heavy atom. The molecule has 6 nitrogen and oxygen atoms in total. The Bertz CT molecular complexity index is 412. The zero-order valence-corrected chi connectivity index (χ0v) is 18.4.